The first-order valence-corrected chi connectivity index (χ1v) is 4.05. The molecule has 1 atom stereocenters. The maximum Gasteiger partial charge on any atom is 0.278 e. The van der Waals surface area contributed by atoms with Crippen molar-refractivity contribution in [2.75, 3.05) is 12.3 Å². The molecule has 2 rings (SSSR count). The van der Waals surface area contributed by atoms with Crippen molar-refractivity contribution in [3.05, 3.63) is 16.7 Å². The van der Waals surface area contributed by atoms with E-state index in [1.807, 2.05) is 0 Å². The first-order valence-electron chi connectivity index (χ1n) is 6.05. The zero-order valence-corrected chi connectivity index (χ0v) is 7.56. The third-order valence-corrected chi connectivity index (χ3v) is 1.87. The zero-order chi connectivity index (χ0) is 14.4. The molecule has 0 aliphatic heterocycles. The Morgan fingerprint density at radius 1 is 1.93 bits per heavy atom. The molecule has 0 saturated heterocycles. The summed E-state index contributed by atoms with van der Waals surface area (Å²) in [5.74, 6) is -0.170. The maximum atomic E-state index is 11.8. The summed E-state index contributed by atoms with van der Waals surface area (Å²) in [4.78, 5) is 21.4. The lowest BCUT2D eigenvalue weighted by Crippen LogP contribution is -2.17. The molecule has 0 saturated carbocycles. The Bertz CT molecular complexity index is 678. The van der Waals surface area contributed by atoms with Gasteiger partial charge >= 0.3 is 0 Å². The summed E-state index contributed by atoms with van der Waals surface area (Å²) in [5.41, 5.74) is 4.30. The van der Waals surface area contributed by atoms with Crippen molar-refractivity contribution in [3.63, 3.8) is 0 Å². The van der Waals surface area contributed by atoms with Gasteiger partial charge in [0.2, 0.25) is 5.95 Å². The number of aliphatic hydroxyl groups excluding tert-OH is 1. The van der Waals surface area contributed by atoms with E-state index in [1.54, 1.807) is 0 Å². The minimum atomic E-state index is -2.86. The molecule has 0 aromatic carbocycles. The van der Waals surface area contributed by atoms with Crippen LogP contribution in [0.3, 0.4) is 0 Å². The summed E-state index contributed by atoms with van der Waals surface area (Å²) in [7, 11) is 0. The van der Waals surface area contributed by atoms with E-state index in [2.05, 4.69) is 15.0 Å². The highest BCUT2D eigenvalue weighted by atomic mass is 16.3. The molecule has 4 N–H and O–H groups in total. The molecule has 0 amide bonds. The third-order valence-electron chi connectivity index (χ3n) is 1.87. The van der Waals surface area contributed by atoms with Crippen LogP contribution in [0.25, 0.3) is 11.2 Å². The quantitative estimate of drug-likeness (QED) is 0.608. The van der Waals surface area contributed by atoms with Crippen LogP contribution in [0.1, 0.15) is 18.4 Å². The van der Waals surface area contributed by atoms with Gasteiger partial charge in [-0.1, -0.05) is 0 Å². The molecule has 80 valence electrons. The van der Waals surface area contributed by atoms with Crippen molar-refractivity contribution in [1.29, 1.82) is 0 Å². The smallest absolute Gasteiger partial charge is 0.278 e. The molecule has 7 heteroatoms. The Morgan fingerprint density at radius 3 is 3.40 bits per heavy atom. The number of H-pyrrole nitrogens is 1. The summed E-state index contributed by atoms with van der Waals surface area (Å²) in [6.07, 6.45) is 0.974. The van der Waals surface area contributed by atoms with Crippen molar-refractivity contribution in [1.82, 2.24) is 19.5 Å². The van der Waals surface area contributed by atoms with E-state index < -0.39 is 25.0 Å². The summed E-state index contributed by atoms with van der Waals surface area (Å²) in [5, 5.41) is 9.24. The van der Waals surface area contributed by atoms with Crippen LogP contribution in [0.2, 0.25) is 0 Å². The SMILES string of the molecule is [2H]C([2H])([2H])C([2H])(CO)n1cnc2nc(N)[nH]c(=O)c21. The van der Waals surface area contributed by atoms with Crippen molar-refractivity contribution < 1.29 is 10.6 Å². The van der Waals surface area contributed by atoms with E-state index in [4.69, 9.17) is 11.2 Å². The monoisotopic (exact) mass is 213 g/mol. The molecule has 2 heterocycles. The van der Waals surface area contributed by atoms with Gasteiger partial charge < -0.3 is 15.4 Å². The van der Waals surface area contributed by atoms with Crippen LogP contribution in [0.15, 0.2) is 11.1 Å². The average molecular weight is 213 g/mol. The fourth-order valence-corrected chi connectivity index (χ4v) is 1.23. The van der Waals surface area contributed by atoms with Gasteiger partial charge in [0.15, 0.2) is 11.2 Å². The number of fused-ring (bicyclic) bond motifs is 1. The molecular weight excluding hydrogens is 198 g/mol. The molecule has 0 aliphatic carbocycles. The Morgan fingerprint density at radius 2 is 2.73 bits per heavy atom. The standard InChI is InChI=1S/C8H11N5O2/c1-4(2-14)13-3-10-6-5(13)7(15)12-8(9)11-6/h3-4,14H,2H2,1H3,(H3,9,11,12,15)/i1D3,4D. The number of nitrogens with one attached hydrogen (secondary N) is 1. The minimum Gasteiger partial charge on any atom is -0.394 e. The molecule has 0 aliphatic rings. The summed E-state index contributed by atoms with van der Waals surface area (Å²) < 4.78 is 30.7. The van der Waals surface area contributed by atoms with Crippen molar-refractivity contribution in [2.24, 2.45) is 0 Å². The second-order valence-corrected chi connectivity index (χ2v) is 2.84. The van der Waals surface area contributed by atoms with Crippen molar-refractivity contribution in [2.45, 2.75) is 12.9 Å². The van der Waals surface area contributed by atoms with Gasteiger partial charge in [0.05, 0.1) is 20.3 Å². The van der Waals surface area contributed by atoms with Gasteiger partial charge in [-0.05, 0) is 6.85 Å². The van der Waals surface area contributed by atoms with E-state index in [9.17, 15) is 9.90 Å². The highest BCUT2D eigenvalue weighted by molar-refractivity contribution is 5.70. The highest BCUT2D eigenvalue weighted by Gasteiger charge is 2.12. The molecule has 1 unspecified atom stereocenters. The van der Waals surface area contributed by atoms with E-state index in [0.29, 0.717) is 0 Å². The molecule has 0 fully saturated rings. The minimum absolute atomic E-state index is 0.0874. The first kappa shape index (κ1) is 5.86. The number of imidazole rings is 1. The third kappa shape index (κ3) is 1.46. The van der Waals surface area contributed by atoms with Gasteiger partial charge in [-0.2, -0.15) is 4.98 Å². The molecule has 7 nitrogen and oxygen atoms in total. The number of hydrogen-bond acceptors (Lipinski definition) is 5. The van der Waals surface area contributed by atoms with Crippen LogP contribution in [-0.2, 0) is 0 Å². The fourth-order valence-electron chi connectivity index (χ4n) is 1.23. The maximum absolute atomic E-state index is 11.8. The van der Waals surface area contributed by atoms with E-state index in [1.165, 1.54) is 0 Å². The second kappa shape index (κ2) is 3.35. The Hall–Kier alpha value is -1.89. The highest BCUT2D eigenvalue weighted by Crippen LogP contribution is 2.12. The second-order valence-electron chi connectivity index (χ2n) is 2.84. The van der Waals surface area contributed by atoms with Crippen molar-refractivity contribution in [3.8, 4) is 0 Å². The van der Waals surface area contributed by atoms with Crippen LogP contribution in [0.5, 0.6) is 0 Å². The van der Waals surface area contributed by atoms with Gasteiger partial charge in [0.25, 0.3) is 5.56 Å². The van der Waals surface area contributed by atoms with Crippen LogP contribution in [0, 0.1) is 0 Å². The summed E-state index contributed by atoms with van der Waals surface area (Å²) in [6, 6.07) is -2.42. The topological polar surface area (TPSA) is 110 Å². The number of nitrogen functional groups attached to an aromatic ring is 1. The van der Waals surface area contributed by atoms with Gasteiger partial charge in [-0.15, -0.1) is 0 Å². The summed E-state index contributed by atoms with van der Waals surface area (Å²) >= 11 is 0. The van der Waals surface area contributed by atoms with Crippen LogP contribution < -0.4 is 11.3 Å². The lowest BCUT2D eigenvalue weighted by atomic mass is 10.3. The number of nitrogens with zero attached hydrogens (tertiary/aromatic N) is 3. The fraction of sp³-hybridized carbons (Fsp3) is 0.375. The molecule has 2 aromatic rings. The lowest BCUT2D eigenvalue weighted by molar-refractivity contribution is 0.241. The Kier molecular flexibility index (Phi) is 1.31. The van der Waals surface area contributed by atoms with Gasteiger partial charge in [-0.25, -0.2) is 4.98 Å². The largest absolute Gasteiger partial charge is 0.394 e. The molecule has 2 aromatic heterocycles. The van der Waals surface area contributed by atoms with Crippen LogP contribution in [0.4, 0.5) is 5.95 Å². The molecule has 0 bridgehead atoms. The van der Waals surface area contributed by atoms with Crippen LogP contribution in [-0.4, -0.2) is 31.2 Å². The zero-order valence-electron chi connectivity index (χ0n) is 11.6. The number of aliphatic hydroxyl groups is 1. The van der Waals surface area contributed by atoms with Crippen LogP contribution >= 0.6 is 0 Å². The molecule has 0 radical (unpaired) electrons. The number of anilines is 1. The normalized spacial score (nSPS) is 20.1. The van der Waals surface area contributed by atoms with Crippen molar-refractivity contribution >= 4 is 17.1 Å². The average Bonchev–Trinajstić information content (AvgIpc) is 2.70. The van der Waals surface area contributed by atoms with Gasteiger partial charge in [0, 0.05) is 4.11 Å². The number of rotatable bonds is 2. The molecule has 0 spiro atoms. The Balaban J connectivity index is 2.80. The van der Waals surface area contributed by atoms with Gasteiger partial charge in [0.1, 0.15) is 0 Å². The predicted octanol–water partition coefficient (Wildman–Crippen LogP) is -0.745. The Labute approximate surface area is 90.2 Å². The number of aromatic amines is 1. The number of hydrogen-bond donors (Lipinski definition) is 3. The first-order chi connectivity index (χ1) is 8.70. The van der Waals surface area contributed by atoms with E-state index in [0.717, 1.165) is 10.9 Å². The number of nitrogens with two attached hydrogens (primary N) is 1. The predicted molar refractivity (Wildman–Crippen MR) is 54.4 cm³/mol. The van der Waals surface area contributed by atoms with E-state index in [-0.39, 0.29) is 17.1 Å². The lowest BCUT2D eigenvalue weighted by Gasteiger charge is -2.09. The molecular formula is C8H11N5O2. The van der Waals surface area contributed by atoms with E-state index >= 15 is 0 Å². The number of aromatic nitrogens is 4. The molecule has 15 heavy (non-hydrogen) atoms. The van der Waals surface area contributed by atoms with Gasteiger partial charge in [-0.3, -0.25) is 9.78 Å². The summed E-state index contributed by atoms with van der Waals surface area (Å²) in [6.45, 7) is -3.87.